The van der Waals surface area contributed by atoms with Gasteiger partial charge in [0.05, 0.1) is 5.92 Å². The maximum Gasteiger partial charge on any atom is 0.311 e. The Hall–Kier alpha value is -1.58. The molecule has 104 valence electrons. The lowest BCUT2D eigenvalue weighted by Gasteiger charge is -2.14. The second-order valence-corrected chi connectivity index (χ2v) is 5.26. The average Bonchev–Trinajstić information content (AvgIpc) is 2.40. The largest absolute Gasteiger partial charge is 0.481 e. The third-order valence-electron chi connectivity index (χ3n) is 3.00. The molecule has 0 aromatic heterocycles. The third-order valence-corrected chi connectivity index (χ3v) is 3.49. The molecule has 0 radical (unpaired) electrons. The third kappa shape index (κ3) is 3.50. The maximum absolute atomic E-state index is 13.7. The minimum atomic E-state index is -1.02. The molecule has 0 heterocycles. The molecule has 2 aromatic rings. The standard InChI is InChI=1S/C15H11Cl2FO2/c16-11-3-1-9(2-4-11)13(15(19)20)8-10-7-12(17)5-6-14(10)18/h1-7,13H,8H2,(H,19,20). The first-order valence-corrected chi connectivity index (χ1v) is 6.65. The molecule has 2 aromatic carbocycles. The first-order valence-electron chi connectivity index (χ1n) is 5.89. The Labute approximate surface area is 125 Å². The van der Waals surface area contributed by atoms with Gasteiger partial charge < -0.3 is 5.11 Å². The lowest BCUT2D eigenvalue weighted by molar-refractivity contribution is -0.138. The summed E-state index contributed by atoms with van der Waals surface area (Å²) in [6, 6.07) is 10.6. The predicted octanol–water partition coefficient (Wildman–Crippen LogP) is 4.54. The second kappa shape index (κ2) is 6.25. The van der Waals surface area contributed by atoms with Crippen LogP contribution in [0.3, 0.4) is 0 Å². The van der Waals surface area contributed by atoms with Gasteiger partial charge in [0.1, 0.15) is 5.82 Å². The number of hydrogen-bond acceptors (Lipinski definition) is 1. The Morgan fingerprint density at radius 3 is 2.30 bits per heavy atom. The highest BCUT2D eigenvalue weighted by Crippen LogP contribution is 2.25. The van der Waals surface area contributed by atoms with Crippen molar-refractivity contribution >= 4 is 29.2 Å². The number of carboxylic acids is 1. The number of rotatable bonds is 4. The van der Waals surface area contributed by atoms with Crippen LogP contribution in [-0.4, -0.2) is 11.1 Å². The molecule has 0 fully saturated rings. The highest BCUT2D eigenvalue weighted by Gasteiger charge is 2.22. The molecule has 2 nitrogen and oxygen atoms in total. The van der Waals surface area contributed by atoms with Gasteiger partial charge in [-0.25, -0.2) is 4.39 Å². The molecule has 0 aliphatic heterocycles. The molecular weight excluding hydrogens is 302 g/mol. The Balaban J connectivity index is 2.32. The minimum absolute atomic E-state index is 0.0311. The summed E-state index contributed by atoms with van der Waals surface area (Å²) in [6.45, 7) is 0. The summed E-state index contributed by atoms with van der Waals surface area (Å²) in [6.07, 6.45) is 0.0311. The van der Waals surface area contributed by atoms with Crippen molar-refractivity contribution in [2.45, 2.75) is 12.3 Å². The van der Waals surface area contributed by atoms with Gasteiger partial charge in [0.2, 0.25) is 0 Å². The maximum atomic E-state index is 13.7. The fourth-order valence-corrected chi connectivity index (χ4v) is 2.28. The van der Waals surface area contributed by atoms with Gasteiger partial charge in [-0.05, 0) is 47.9 Å². The van der Waals surface area contributed by atoms with Crippen molar-refractivity contribution in [1.29, 1.82) is 0 Å². The topological polar surface area (TPSA) is 37.3 Å². The van der Waals surface area contributed by atoms with Crippen LogP contribution in [0.15, 0.2) is 42.5 Å². The van der Waals surface area contributed by atoms with Crippen molar-refractivity contribution in [3.8, 4) is 0 Å². The second-order valence-electron chi connectivity index (χ2n) is 4.38. The molecule has 2 rings (SSSR count). The molecule has 0 bridgehead atoms. The molecule has 0 saturated heterocycles. The number of halogens is 3. The van der Waals surface area contributed by atoms with Gasteiger partial charge in [-0.2, -0.15) is 0 Å². The van der Waals surface area contributed by atoms with Crippen LogP contribution in [0.2, 0.25) is 10.0 Å². The van der Waals surface area contributed by atoms with Crippen LogP contribution >= 0.6 is 23.2 Å². The summed E-state index contributed by atoms with van der Waals surface area (Å²) in [5.41, 5.74) is 0.848. The van der Waals surface area contributed by atoms with E-state index in [-0.39, 0.29) is 12.0 Å². The molecule has 1 atom stereocenters. The molecule has 0 aliphatic carbocycles. The van der Waals surface area contributed by atoms with Gasteiger partial charge in [0.15, 0.2) is 0 Å². The first-order chi connectivity index (χ1) is 9.47. The summed E-state index contributed by atoms with van der Waals surface area (Å²) < 4.78 is 13.7. The zero-order chi connectivity index (χ0) is 14.7. The van der Waals surface area contributed by atoms with Crippen LogP contribution in [0.1, 0.15) is 17.0 Å². The smallest absolute Gasteiger partial charge is 0.311 e. The van der Waals surface area contributed by atoms with Crippen molar-refractivity contribution in [3.05, 3.63) is 69.5 Å². The van der Waals surface area contributed by atoms with Crippen molar-refractivity contribution < 1.29 is 14.3 Å². The van der Waals surface area contributed by atoms with E-state index in [9.17, 15) is 14.3 Å². The van der Waals surface area contributed by atoms with Gasteiger partial charge in [-0.3, -0.25) is 4.79 Å². The van der Waals surface area contributed by atoms with E-state index < -0.39 is 17.7 Å². The fourth-order valence-electron chi connectivity index (χ4n) is 1.96. The number of benzene rings is 2. The van der Waals surface area contributed by atoms with Gasteiger partial charge >= 0.3 is 5.97 Å². The van der Waals surface area contributed by atoms with Crippen molar-refractivity contribution in [2.75, 3.05) is 0 Å². The Kier molecular flexibility index (Phi) is 4.63. The first kappa shape index (κ1) is 14.8. The van der Waals surface area contributed by atoms with Crippen molar-refractivity contribution in [1.82, 2.24) is 0 Å². The lowest BCUT2D eigenvalue weighted by Crippen LogP contribution is -2.15. The van der Waals surface area contributed by atoms with E-state index in [1.807, 2.05) is 0 Å². The summed E-state index contributed by atoms with van der Waals surface area (Å²) in [7, 11) is 0. The quantitative estimate of drug-likeness (QED) is 0.899. The SMILES string of the molecule is O=C(O)C(Cc1cc(Cl)ccc1F)c1ccc(Cl)cc1. The van der Waals surface area contributed by atoms with E-state index in [1.165, 1.54) is 18.2 Å². The van der Waals surface area contributed by atoms with Gasteiger partial charge in [-0.1, -0.05) is 35.3 Å². The number of hydrogen-bond donors (Lipinski definition) is 1. The van der Waals surface area contributed by atoms with Gasteiger partial charge in [0.25, 0.3) is 0 Å². The summed E-state index contributed by atoms with van der Waals surface area (Å²) in [5, 5.41) is 10.2. The van der Waals surface area contributed by atoms with Crippen LogP contribution in [0.4, 0.5) is 4.39 Å². The molecule has 0 saturated carbocycles. The normalized spacial score (nSPS) is 12.2. The van der Waals surface area contributed by atoms with Crippen LogP contribution in [0.25, 0.3) is 0 Å². The number of carboxylic acid groups (broad SMARTS) is 1. The highest BCUT2D eigenvalue weighted by molar-refractivity contribution is 6.30. The van der Waals surface area contributed by atoms with Crippen LogP contribution in [0.5, 0.6) is 0 Å². The van der Waals surface area contributed by atoms with E-state index in [2.05, 4.69) is 0 Å². The monoisotopic (exact) mass is 312 g/mol. The van der Waals surface area contributed by atoms with Gasteiger partial charge in [0, 0.05) is 10.0 Å². The molecule has 5 heteroatoms. The van der Waals surface area contributed by atoms with E-state index in [4.69, 9.17) is 23.2 Å². The van der Waals surface area contributed by atoms with E-state index in [0.717, 1.165) is 0 Å². The molecule has 1 unspecified atom stereocenters. The number of carbonyl (C=O) groups is 1. The number of aliphatic carboxylic acids is 1. The molecular formula is C15H11Cl2FO2. The molecule has 0 amide bonds. The van der Waals surface area contributed by atoms with E-state index in [1.54, 1.807) is 24.3 Å². The van der Waals surface area contributed by atoms with Crippen molar-refractivity contribution in [3.63, 3.8) is 0 Å². The Morgan fingerprint density at radius 1 is 1.10 bits per heavy atom. The Bertz CT molecular complexity index is 626. The van der Waals surface area contributed by atoms with Crippen LogP contribution in [-0.2, 0) is 11.2 Å². The zero-order valence-corrected chi connectivity index (χ0v) is 11.8. The minimum Gasteiger partial charge on any atom is -0.481 e. The lowest BCUT2D eigenvalue weighted by atomic mass is 9.92. The molecule has 0 spiro atoms. The Morgan fingerprint density at radius 2 is 1.70 bits per heavy atom. The van der Waals surface area contributed by atoms with Crippen LogP contribution in [0, 0.1) is 5.82 Å². The summed E-state index contributed by atoms with van der Waals surface area (Å²) >= 11 is 11.6. The average molecular weight is 313 g/mol. The zero-order valence-electron chi connectivity index (χ0n) is 10.3. The van der Waals surface area contributed by atoms with Gasteiger partial charge in [-0.15, -0.1) is 0 Å². The fraction of sp³-hybridized carbons (Fsp3) is 0.133. The summed E-state index contributed by atoms with van der Waals surface area (Å²) in [5.74, 6) is -2.33. The van der Waals surface area contributed by atoms with E-state index >= 15 is 0 Å². The molecule has 1 N–H and O–H groups in total. The highest BCUT2D eigenvalue weighted by atomic mass is 35.5. The van der Waals surface area contributed by atoms with Crippen LogP contribution < -0.4 is 0 Å². The van der Waals surface area contributed by atoms with Crippen molar-refractivity contribution in [2.24, 2.45) is 0 Å². The predicted molar refractivity (Wildman–Crippen MR) is 76.9 cm³/mol. The summed E-state index contributed by atoms with van der Waals surface area (Å²) in [4.78, 5) is 11.4. The molecule has 20 heavy (non-hydrogen) atoms. The van der Waals surface area contributed by atoms with E-state index in [0.29, 0.717) is 15.6 Å². The molecule has 0 aliphatic rings.